The predicted octanol–water partition coefficient (Wildman–Crippen LogP) is -2.17. The summed E-state index contributed by atoms with van der Waals surface area (Å²) >= 11 is 0. The summed E-state index contributed by atoms with van der Waals surface area (Å²) in [6.45, 7) is -0.309. The number of carboxylic acid groups (broad SMARTS) is 5. The second-order valence-electron chi connectivity index (χ2n) is 15.6. The van der Waals surface area contributed by atoms with Gasteiger partial charge in [0.1, 0.15) is 36.8 Å². The van der Waals surface area contributed by atoms with Crippen LogP contribution in [0.15, 0.2) is 47.3 Å². The van der Waals surface area contributed by atoms with Gasteiger partial charge in [-0.3, -0.25) is 52.9 Å². The number of nitrogens with two attached hydrogens (primary N) is 2. The number of rotatable bonds is 32. The number of terminal acetylenes is 1. The summed E-state index contributed by atoms with van der Waals surface area (Å²) in [6, 6.07) is 2.18. The number of benzene rings is 2. The van der Waals surface area contributed by atoms with Crippen molar-refractivity contribution in [3.8, 4) is 12.3 Å². The Balaban J connectivity index is 1.44. The zero-order valence-corrected chi connectivity index (χ0v) is 40.5. The lowest BCUT2D eigenvalue weighted by Crippen LogP contribution is -2.59. The van der Waals surface area contributed by atoms with E-state index in [1.165, 1.54) is 12.1 Å². The molecule has 3 aromatic rings. The van der Waals surface area contributed by atoms with Crippen LogP contribution in [0.25, 0.3) is 10.9 Å². The number of nitrogen functional groups attached to an aromatic ring is 1. The van der Waals surface area contributed by atoms with Crippen molar-refractivity contribution in [1.29, 1.82) is 0 Å². The van der Waals surface area contributed by atoms with Crippen LogP contribution in [0.5, 0.6) is 0 Å². The smallest absolute Gasteiger partial charge is 0.327 e. The highest BCUT2D eigenvalue weighted by Crippen LogP contribution is 2.22. The fraction of sp³-hybridized carbons (Fsp3) is 0.386. The second kappa shape index (κ2) is 29.8. The largest absolute Gasteiger partial charge is 0.481 e. The molecule has 5 atom stereocenters. The first-order valence-electron chi connectivity index (χ1n) is 21.8. The highest BCUT2D eigenvalue weighted by molar-refractivity contribution is 8.76. The molecule has 0 aliphatic rings. The minimum Gasteiger partial charge on any atom is -0.481 e. The van der Waals surface area contributed by atoms with E-state index in [1.807, 2.05) is 20.9 Å². The number of hydrogen-bond acceptors (Lipinski definition) is 19. The third kappa shape index (κ3) is 20.4. The molecular formula is C44H52N10O18S2. The van der Waals surface area contributed by atoms with E-state index in [9.17, 15) is 78.0 Å². The average molecular weight is 1070 g/mol. The Bertz CT molecular complexity index is 2680. The number of aromatic amines is 1. The highest BCUT2D eigenvalue weighted by atomic mass is 33.1. The van der Waals surface area contributed by atoms with E-state index in [0.29, 0.717) is 16.6 Å². The number of H-pyrrole nitrogens is 1. The molecule has 3 rings (SSSR count). The van der Waals surface area contributed by atoms with Crippen molar-refractivity contribution in [3.63, 3.8) is 0 Å². The Morgan fingerprint density at radius 1 is 0.716 bits per heavy atom. The molecule has 0 aliphatic carbocycles. The van der Waals surface area contributed by atoms with E-state index in [1.54, 1.807) is 30.3 Å². The van der Waals surface area contributed by atoms with Crippen molar-refractivity contribution in [1.82, 2.24) is 36.6 Å². The van der Waals surface area contributed by atoms with Crippen molar-refractivity contribution in [2.75, 3.05) is 41.8 Å². The first-order chi connectivity index (χ1) is 35.0. The van der Waals surface area contributed by atoms with Gasteiger partial charge in [0.15, 0.2) is 0 Å². The maximum Gasteiger partial charge on any atom is 0.327 e. The fourth-order valence-corrected chi connectivity index (χ4v) is 8.24. The fourth-order valence-electron chi connectivity index (χ4n) is 6.43. The molecule has 28 nitrogen and oxygen atoms in total. The summed E-state index contributed by atoms with van der Waals surface area (Å²) in [5.74, 6) is -11.5. The summed E-state index contributed by atoms with van der Waals surface area (Å²) in [5, 5.41) is 57.5. The van der Waals surface area contributed by atoms with E-state index in [2.05, 4.69) is 26.5 Å². The molecule has 0 fully saturated rings. The van der Waals surface area contributed by atoms with Crippen LogP contribution in [0.4, 0.5) is 11.6 Å². The molecule has 15 N–H and O–H groups in total. The minimum atomic E-state index is -2.05. The molecule has 1 heterocycles. The maximum atomic E-state index is 13.1. The Labute approximate surface area is 426 Å². The Hall–Kier alpha value is -8.43. The van der Waals surface area contributed by atoms with E-state index in [4.69, 9.17) is 27.7 Å². The summed E-state index contributed by atoms with van der Waals surface area (Å²) in [6.07, 6.45) is 1.30. The Morgan fingerprint density at radius 2 is 1.26 bits per heavy atom. The van der Waals surface area contributed by atoms with Crippen LogP contribution in [0, 0.1) is 12.3 Å². The van der Waals surface area contributed by atoms with Gasteiger partial charge in [-0.05, 0) is 48.4 Å². The number of anilines is 2. The molecule has 30 heteroatoms. The molecule has 5 unspecified atom stereocenters. The number of ether oxygens (including phenoxy) is 1. The van der Waals surface area contributed by atoms with Crippen molar-refractivity contribution < 1.29 is 83.0 Å². The van der Waals surface area contributed by atoms with Crippen molar-refractivity contribution in [2.45, 2.75) is 75.3 Å². The molecule has 0 bridgehead atoms. The Morgan fingerprint density at radius 3 is 1.78 bits per heavy atom. The number of amides is 5. The molecule has 1 aromatic heterocycles. The Kier molecular flexibility index (Phi) is 24.1. The van der Waals surface area contributed by atoms with Gasteiger partial charge < -0.3 is 73.2 Å². The third-order valence-electron chi connectivity index (χ3n) is 10.0. The molecule has 0 radical (unpaired) electrons. The van der Waals surface area contributed by atoms with E-state index in [0.717, 1.165) is 27.2 Å². The molecule has 5 amide bonds. The number of carbonyl (C=O) groups is 11. The molecule has 0 aliphatic heterocycles. The number of esters is 1. The van der Waals surface area contributed by atoms with Gasteiger partial charge in [-0.15, -0.1) is 6.42 Å². The van der Waals surface area contributed by atoms with Crippen molar-refractivity contribution >= 4 is 109 Å². The highest BCUT2D eigenvalue weighted by Gasteiger charge is 2.34. The quantitative estimate of drug-likeness (QED) is 0.0137. The lowest BCUT2D eigenvalue weighted by molar-refractivity contribution is -0.145. The van der Waals surface area contributed by atoms with Gasteiger partial charge in [0.2, 0.25) is 29.6 Å². The van der Waals surface area contributed by atoms with Crippen LogP contribution in [-0.4, -0.2) is 162 Å². The number of nitrogens with zero attached hydrogens (tertiary/aromatic N) is 2. The number of carboxylic acids is 5. The van der Waals surface area contributed by atoms with Crippen LogP contribution in [0.1, 0.15) is 54.4 Å². The summed E-state index contributed by atoms with van der Waals surface area (Å²) in [4.78, 5) is 155. The van der Waals surface area contributed by atoms with Gasteiger partial charge in [0.25, 0.3) is 11.5 Å². The van der Waals surface area contributed by atoms with Crippen LogP contribution in [0.2, 0.25) is 0 Å². The van der Waals surface area contributed by atoms with Crippen molar-refractivity contribution in [3.05, 3.63) is 63.9 Å². The van der Waals surface area contributed by atoms with Gasteiger partial charge in [0, 0.05) is 48.7 Å². The number of aliphatic carboxylic acids is 5. The van der Waals surface area contributed by atoms with Gasteiger partial charge in [-0.2, -0.15) is 0 Å². The maximum absolute atomic E-state index is 13.1. The van der Waals surface area contributed by atoms with E-state index >= 15 is 0 Å². The first kappa shape index (κ1) is 59.9. The lowest BCUT2D eigenvalue weighted by atomic mass is 10.1. The second-order valence-corrected chi connectivity index (χ2v) is 18.3. The summed E-state index contributed by atoms with van der Waals surface area (Å²) < 4.78 is 5.15. The predicted molar refractivity (Wildman–Crippen MR) is 263 cm³/mol. The topological polar surface area (TPSA) is 459 Å². The molecule has 74 heavy (non-hydrogen) atoms. The van der Waals surface area contributed by atoms with Gasteiger partial charge in [-0.25, -0.2) is 14.6 Å². The SMILES string of the molecule is C#CCN(Cc1ccc2nc(N)[nH]c(=O)c2c1)c1ccc(C(=O)NC(CCC(=O)OCCSSCCC(=O)NC(CC(=O)O)C(=O)NC(CC(=O)O)C(=O)NC(CC(=O)O)C(=O)NC(CN)C(=O)O)C(=O)O)cc1. The summed E-state index contributed by atoms with van der Waals surface area (Å²) in [7, 11) is 2.27. The number of nitrogens with one attached hydrogen (secondary N) is 6. The number of carbonyl (C=O) groups excluding carboxylic acids is 6. The number of aromatic nitrogens is 2. The normalized spacial score (nSPS) is 12.8. The third-order valence-corrected chi connectivity index (χ3v) is 12.4. The number of fused-ring (bicyclic) bond motifs is 1. The van der Waals surface area contributed by atoms with Crippen molar-refractivity contribution in [2.24, 2.45) is 5.73 Å². The van der Waals surface area contributed by atoms with E-state index < -0.39 is 127 Å². The van der Waals surface area contributed by atoms with E-state index in [-0.39, 0.29) is 62.0 Å². The van der Waals surface area contributed by atoms with Gasteiger partial charge >= 0.3 is 35.8 Å². The number of hydrogen-bond donors (Lipinski definition) is 13. The average Bonchev–Trinajstić information content (AvgIpc) is 3.32. The molecule has 0 spiro atoms. The minimum absolute atomic E-state index is 0.0173. The van der Waals surface area contributed by atoms with Crippen LogP contribution < -0.4 is 48.5 Å². The zero-order valence-electron chi connectivity index (χ0n) is 38.9. The van der Waals surface area contributed by atoms with Crippen LogP contribution in [0.3, 0.4) is 0 Å². The lowest BCUT2D eigenvalue weighted by Gasteiger charge is -2.24. The molecule has 2 aromatic carbocycles. The molecular weight excluding hydrogens is 1020 g/mol. The molecule has 0 saturated heterocycles. The monoisotopic (exact) mass is 1070 g/mol. The zero-order chi connectivity index (χ0) is 55.1. The van der Waals surface area contributed by atoms with Gasteiger partial charge in [-0.1, -0.05) is 33.6 Å². The standard InChI is InChI=1S/C44H52N10O18S2/c1-2-12-54(21-22-3-8-26-25(16-22)38(64)53-44(46)52-26)24-6-4-23(5-7-24)37(63)48-27(42(68)69)9-10-36(62)72-13-15-74-73-14-11-32(55)47-28(17-33(56)57)39(65)49-29(18-34(58)59)40(66)50-30(19-35(60)61)41(67)51-31(20-45)43(70)71/h1,3-8,16,27-31H,9-15,17-21,45H2,(H,47,55)(H,48,63)(H,49,65)(H,50,66)(H,51,67)(H,56,57)(H,58,59)(H,60,61)(H,68,69)(H,70,71)(H3,46,52,53,64). The summed E-state index contributed by atoms with van der Waals surface area (Å²) in [5.41, 5.74) is 12.4. The van der Waals surface area contributed by atoms with Crippen LogP contribution >= 0.6 is 21.6 Å². The molecule has 398 valence electrons. The molecule has 0 saturated carbocycles. The first-order valence-corrected chi connectivity index (χ1v) is 24.3. The van der Waals surface area contributed by atoms with Gasteiger partial charge in [0.05, 0.1) is 36.7 Å². The van der Waals surface area contributed by atoms with Crippen LogP contribution in [-0.2, 0) is 59.2 Å².